The second-order valence-electron chi connectivity index (χ2n) is 2.75. The van der Waals surface area contributed by atoms with Gasteiger partial charge in [-0.3, -0.25) is 0 Å². The maximum Gasteiger partial charge on any atom is 0.233 e. The van der Waals surface area contributed by atoms with E-state index in [9.17, 15) is 0 Å². The average molecular weight is 270 g/mol. The van der Waals surface area contributed by atoms with Gasteiger partial charge in [-0.2, -0.15) is 0 Å². The molecule has 2 rings (SSSR count). The van der Waals surface area contributed by atoms with Gasteiger partial charge in [-0.25, -0.2) is 9.97 Å². The fraction of sp³-hybridized carbons (Fsp3) is 0.111. The SMILES string of the molecule is Nc1ncnc(OCc2ccco2)c1Br. The molecule has 6 heteroatoms. The lowest BCUT2D eigenvalue weighted by Gasteiger charge is -2.05. The minimum absolute atomic E-state index is 0.308. The van der Waals surface area contributed by atoms with Gasteiger partial charge in [0.2, 0.25) is 5.88 Å². The van der Waals surface area contributed by atoms with Crippen LogP contribution in [0.15, 0.2) is 33.6 Å². The quantitative estimate of drug-likeness (QED) is 0.923. The fourth-order valence-corrected chi connectivity index (χ4v) is 1.32. The van der Waals surface area contributed by atoms with Crippen LogP contribution in [0.1, 0.15) is 5.76 Å². The number of halogens is 1. The molecular formula is C9H8BrN3O2. The third kappa shape index (κ3) is 2.27. The predicted molar refractivity (Wildman–Crippen MR) is 57.2 cm³/mol. The third-order valence-corrected chi connectivity index (χ3v) is 2.46. The van der Waals surface area contributed by atoms with Crippen LogP contribution in [0.3, 0.4) is 0 Å². The molecule has 0 spiro atoms. The highest BCUT2D eigenvalue weighted by molar-refractivity contribution is 9.10. The van der Waals surface area contributed by atoms with Crippen molar-refractivity contribution < 1.29 is 9.15 Å². The Hall–Kier alpha value is -1.56. The zero-order valence-corrected chi connectivity index (χ0v) is 9.27. The van der Waals surface area contributed by atoms with Crippen LogP contribution < -0.4 is 10.5 Å². The summed E-state index contributed by atoms with van der Waals surface area (Å²) >= 11 is 3.24. The van der Waals surface area contributed by atoms with Crippen LogP contribution in [-0.4, -0.2) is 9.97 Å². The lowest BCUT2D eigenvalue weighted by Crippen LogP contribution is -2.00. The minimum atomic E-state index is 0.308. The van der Waals surface area contributed by atoms with E-state index in [1.54, 1.807) is 12.3 Å². The average Bonchev–Trinajstić information content (AvgIpc) is 2.73. The van der Waals surface area contributed by atoms with Crippen molar-refractivity contribution in [1.82, 2.24) is 9.97 Å². The summed E-state index contributed by atoms with van der Waals surface area (Å²) in [6.45, 7) is 0.308. The summed E-state index contributed by atoms with van der Waals surface area (Å²) in [5.41, 5.74) is 5.57. The molecule has 0 fully saturated rings. The molecule has 5 nitrogen and oxygen atoms in total. The Morgan fingerprint density at radius 2 is 2.33 bits per heavy atom. The molecule has 0 aromatic carbocycles. The summed E-state index contributed by atoms with van der Waals surface area (Å²) in [4.78, 5) is 7.74. The molecule has 78 valence electrons. The molecule has 0 saturated heterocycles. The molecule has 0 aliphatic rings. The summed E-state index contributed by atoms with van der Waals surface area (Å²) in [7, 11) is 0. The van der Waals surface area contributed by atoms with E-state index in [2.05, 4.69) is 25.9 Å². The number of hydrogen-bond acceptors (Lipinski definition) is 5. The van der Waals surface area contributed by atoms with Crippen LogP contribution in [0.5, 0.6) is 5.88 Å². The molecule has 0 radical (unpaired) electrons. The smallest absolute Gasteiger partial charge is 0.233 e. The first kappa shape index (κ1) is 9.97. The number of anilines is 1. The normalized spacial score (nSPS) is 10.2. The van der Waals surface area contributed by atoms with Crippen LogP contribution in [0, 0.1) is 0 Å². The van der Waals surface area contributed by atoms with E-state index in [-0.39, 0.29) is 0 Å². The van der Waals surface area contributed by atoms with Crippen molar-refractivity contribution in [2.24, 2.45) is 0 Å². The predicted octanol–water partition coefficient (Wildman–Crippen LogP) is 1.99. The van der Waals surface area contributed by atoms with Crippen LogP contribution in [0.4, 0.5) is 5.82 Å². The molecule has 0 unspecified atom stereocenters. The Kier molecular flexibility index (Phi) is 2.86. The summed E-state index contributed by atoms with van der Waals surface area (Å²) in [6, 6.07) is 3.61. The van der Waals surface area contributed by atoms with Crippen LogP contribution in [-0.2, 0) is 6.61 Å². The van der Waals surface area contributed by atoms with Gasteiger partial charge in [-0.05, 0) is 28.1 Å². The highest BCUT2D eigenvalue weighted by Crippen LogP contribution is 2.26. The zero-order valence-electron chi connectivity index (χ0n) is 7.68. The molecular weight excluding hydrogens is 262 g/mol. The Morgan fingerprint density at radius 1 is 1.47 bits per heavy atom. The third-order valence-electron chi connectivity index (χ3n) is 1.72. The molecule has 0 amide bonds. The summed E-state index contributed by atoms with van der Waals surface area (Å²) < 4.78 is 11.1. The lowest BCUT2D eigenvalue weighted by molar-refractivity contribution is 0.258. The topological polar surface area (TPSA) is 74.2 Å². The first-order chi connectivity index (χ1) is 7.27. The standard InChI is InChI=1S/C9H8BrN3O2/c10-7-8(11)12-5-13-9(7)15-4-6-2-1-3-14-6/h1-3,5H,4H2,(H2,11,12,13). The van der Waals surface area contributed by atoms with Gasteiger partial charge >= 0.3 is 0 Å². The van der Waals surface area contributed by atoms with E-state index in [4.69, 9.17) is 14.9 Å². The fourth-order valence-electron chi connectivity index (χ4n) is 1.00. The number of rotatable bonds is 3. The number of nitrogen functional groups attached to an aromatic ring is 1. The van der Waals surface area contributed by atoms with Crippen LogP contribution >= 0.6 is 15.9 Å². The maximum absolute atomic E-state index is 5.57. The van der Waals surface area contributed by atoms with Crippen molar-refractivity contribution in [3.8, 4) is 5.88 Å². The van der Waals surface area contributed by atoms with Gasteiger partial charge in [0.25, 0.3) is 0 Å². The molecule has 2 N–H and O–H groups in total. The number of nitrogens with two attached hydrogens (primary N) is 1. The van der Waals surface area contributed by atoms with E-state index in [1.807, 2.05) is 6.07 Å². The van der Waals surface area contributed by atoms with Gasteiger partial charge in [0, 0.05) is 0 Å². The first-order valence-electron chi connectivity index (χ1n) is 4.18. The Morgan fingerprint density at radius 3 is 3.07 bits per heavy atom. The number of furan rings is 1. The van der Waals surface area contributed by atoms with Gasteiger partial charge in [0.05, 0.1) is 6.26 Å². The van der Waals surface area contributed by atoms with Crippen molar-refractivity contribution in [3.63, 3.8) is 0 Å². The van der Waals surface area contributed by atoms with Gasteiger partial charge in [0.15, 0.2) is 0 Å². The molecule has 0 bridgehead atoms. The lowest BCUT2D eigenvalue weighted by atomic mass is 10.5. The van der Waals surface area contributed by atoms with Crippen molar-refractivity contribution >= 4 is 21.7 Å². The molecule has 0 saturated carbocycles. The number of aromatic nitrogens is 2. The Labute approximate surface area is 94.4 Å². The number of hydrogen-bond donors (Lipinski definition) is 1. The highest BCUT2D eigenvalue weighted by Gasteiger charge is 2.07. The molecule has 0 aliphatic heterocycles. The maximum atomic E-state index is 5.57. The number of ether oxygens (including phenoxy) is 1. The van der Waals surface area contributed by atoms with E-state index in [0.29, 0.717) is 22.8 Å². The van der Waals surface area contributed by atoms with Gasteiger partial charge in [-0.15, -0.1) is 0 Å². The first-order valence-corrected chi connectivity index (χ1v) is 4.98. The molecule has 15 heavy (non-hydrogen) atoms. The zero-order chi connectivity index (χ0) is 10.7. The van der Waals surface area contributed by atoms with E-state index in [0.717, 1.165) is 5.76 Å². The number of nitrogens with zero attached hydrogens (tertiary/aromatic N) is 2. The highest BCUT2D eigenvalue weighted by atomic mass is 79.9. The van der Waals surface area contributed by atoms with Gasteiger partial charge < -0.3 is 14.9 Å². The largest absolute Gasteiger partial charge is 0.469 e. The Balaban J connectivity index is 2.08. The van der Waals surface area contributed by atoms with Crippen LogP contribution in [0.25, 0.3) is 0 Å². The molecule has 0 atom stereocenters. The van der Waals surface area contributed by atoms with E-state index in [1.165, 1.54) is 6.33 Å². The van der Waals surface area contributed by atoms with Crippen molar-refractivity contribution in [2.75, 3.05) is 5.73 Å². The molecule has 2 aromatic heterocycles. The van der Waals surface area contributed by atoms with Crippen molar-refractivity contribution in [2.45, 2.75) is 6.61 Å². The van der Waals surface area contributed by atoms with Crippen molar-refractivity contribution in [1.29, 1.82) is 0 Å². The minimum Gasteiger partial charge on any atom is -0.469 e. The summed E-state index contributed by atoms with van der Waals surface area (Å²) in [5.74, 6) is 1.47. The second kappa shape index (κ2) is 4.31. The van der Waals surface area contributed by atoms with Gasteiger partial charge in [0.1, 0.15) is 29.0 Å². The van der Waals surface area contributed by atoms with Crippen LogP contribution in [0.2, 0.25) is 0 Å². The summed E-state index contributed by atoms with van der Waals surface area (Å²) in [5, 5.41) is 0. The molecule has 0 aliphatic carbocycles. The van der Waals surface area contributed by atoms with E-state index < -0.39 is 0 Å². The van der Waals surface area contributed by atoms with Crippen molar-refractivity contribution in [3.05, 3.63) is 35.0 Å². The second-order valence-corrected chi connectivity index (χ2v) is 3.54. The monoisotopic (exact) mass is 269 g/mol. The van der Waals surface area contributed by atoms with Gasteiger partial charge in [-0.1, -0.05) is 0 Å². The van der Waals surface area contributed by atoms with E-state index >= 15 is 0 Å². The molecule has 2 aromatic rings. The Bertz CT molecular complexity index is 445. The summed E-state index contributed by atoms with van der Waals surface area (Å²) in [6.07, 6.45) is 2.93. The molecule has 2 heterocycles.